The molecule has 0 saturated carbocycles. The van der Waals surface area contributed by atoms with Gasteiger partial charge < -0.3 is 5.11 Å². The Labute approximate surface area is 92.9 Å². The highest BCUT2D eigenvalue weighted by molar-refractivity contribution is 7.90. The fraction of sp³-hybridized carbons (Fsp3) is 1.00. The van der Waals surface area contributed by atoms with E-state index in [2.05, 4.69) is 0 Å². The maximum Gasteiger partial charge on any atom is 0.511 e. The standard InChI is InChI=1S/C8H16F3NO3S/c1-3-6(4-2)7(13)5-12-16(14,15)8(9,10)11/h6-7,12-13H,3-5H2,1-2H3. The molecule has 0 aromatic heterocycles. The van der Waals surface area contributed by atoms with Crippen LogP contribution >= 0.6 is 0 Å². The van der Waals surface area contributed by atoms with Gasteiger partial charge in [-0.2, -0.15) is 13.2 Å². The summed E-state index contributed by atoms with van der Waals surface area (Å²) in [6.45, 7) is 2.93. The molecule has 0 fully saturated rings. The number of hydrogen-bond acceptors (Lipinski definition) is 3. The number of hydrogen-bond donors (Lipinski definition) is 2. The Morgan fingerprint density at radius 2 is 1.69 bits per heavy atom. The van der Waals surface area contributed by atoms with Gasteiger partial charge in [-0.1, -0.05) is 26.7 Å². The summed E-state index contributed by atoms with van der Waals surface area (Å²) in [6.07, 6.45) is 0.0451. The average Bonchev–Trinajstić information content (AvgIpc) is 2.15. The Morgan fingerprint density at radius 3 is 2.00 bits per heavy atom. The summed E-state index contributed by atoms with van der Waals surface area (Å²) >= 11 is 0. The molecule has 0 aliphatic heterocycles. The predicted molar refractivity (Wildman–Crippen MR) is 53.1 cm³/mol. The Bertz CT molecular complexity index is 298. The molecule has 0 aliphatic rings. The van der Waals surface area contributed by atoms with Gasteiger partial charge in [0.2, 0.25) is 0 Å². The lowest BCUT2D eigenvalue weighted by atomic mass is 9.97. The first-order chi connectivity index (χ1) is 7.15. The van der Waals surface area contributed by atoms with Gasteiger partial charge in [0.25, 0.3) is 0 Å². The molecule has 0 aromatic rings. The second-order valence-corrected chi connectivity index (χ2v) is 5.20. The molecule has 0 aromatic carbocycles. The Hall–Kier alpha value is -0.340. The van der Waals surface area contributed by atoms with E-state index in [1.54, 1.807) is 13.8 Å². The number of sulfonamides is 1. The number of rotatable bonds is 6. The van der Waals surface area contributed by atoms with E-state index in [9.17, 15) is 26.7 Å². The van der Waals surface area contributed by atoms with Crippen molar-refractivity contribution >= 4 is 10.0 Å². The van der Waals surface area contributed by atoms with Crippen LogP contribution in [0.4, 0.5) is 13.2 Å². The predicted octanol–water partition coefficient (Wildman–Crippen LogP) is 1.22. The largest absolute Gasteiger partial charge is 0.511 e. The molecule has 0 bridgehead atoms. The van der Waals surface area contributed by atoms with Crippen molar-refractivity contribution < 1.29 is 26.7 Å². The number of halogens is 3. The molecule has 4 nitrogen and oxygen atoms in total. The Morgan fingerprint density at radius 1 is 1.25 bits per heavy atom. The van der Waals surface area contributed by atoms with Crippen molar-refractivity contribution in [1.82, 2.24) is 4.72 Å². The minimum absolute atomic E-state index is 0.212. The lowest BCUT2D eigenvalue weighted by Crippen LogP contribution is -2.42. The lowest BCUT2D eigenvalue weighted by Gasteiger charge is -2.20. The molecule has 2 N–H and O–H groups in total. The van der Waals surface area contributed by atoms with E-state index in [0.29, 0.717) is 12.8 Å². The maximum absolute atomic E-state index is 11.9. The van der Waals surface area contributed by atoms with Crippen LogP contribution in [-0.4, -0.2) is 31.7 Å². The highest BCUT2D eigenvalue weighted by Gasteiger charge is 2.45. The first-order valence-electron chi connectivity index (χ1n) is 4.89. The zero-order valence-corrected chi connectivity index (χ0v) is 9.90. The number of aliphatic hydroxyl groups is 1. The van der Waals surface area contributed by atoms with Gasteiger partial charge >= 0.3 is 15.5 Å². The molecule has 8 heteroatoms. The Kier molecular flexibility index (Phi) is 5.71. The topological polar surface area (TPSA) is 66.4 Å². The van der Waals surface area contributed by atoms with E-state index < -0.39 is 28.2 Å². The van der Waals surface area contributed by atoms with E-state index >= 15 is 0 Å². The van der Waals surface area contributed by atoms with Crippen LogP contribution in [0.25, 0.3) is 0 Å². The van der Waals surface area contributed by atoms with Crippen molar-refractivity contribution in [3.8, 4) is 0 Å². The number of nitrogens with one attached hydrogen (secondary N) is 1. The normalized spacial score (nSPS) is 15.4. The van der Waals surface area contributed by atoms with E-state index in [1.807, 2.05) is 0 Å². The minimum atomic E-state index is -5.35. The van der Waals surface area contributed by atoms with Crippen LogP contribution < -0.4 is 4.72 Å². The van der Waals surface area contributed by atoms with Crippen molar-refractivity contribution in [2.45, 2.75) is 38.3 Å². The fourth-order valence-corrected chi connectivity index (χ4v) is 1.83. The maximum atomic E-state index is 11.9. The van der Waals surface area contributed by atoms with Gasteiger partial charge in [0.1, 0.15) is 0 Å². The molecule has 0 heterocycles. The summed E-state index contributed by atoms with van der Waals surface area (Å²) in [5.41, 5.74) is -5.33. The molecule has 98 valence electrons. The average molecular weight is 263 g/mol. The first kappa shape index (κ1) is 15.7. The first-order valence-corrected chi connectivity index (χ1v) is 6.38. The SMILES string of the molecule is CCC(CC)C(O)CNS(=O)(=O)C(F)(F)F. The summed E-state index contributed by atoms with van der Waals surface area (Å²) in [6, 6.07) is 0. The van der Waals surface area contributed by atoms with Crippen LogP contribution in [0.1, 0.15) is 26.7 Å². The van der Waals surface area contributed by atoms with E-state index in [-0.39, 0.29) is 5.92 Å². The van der Waals surface area contributed by atoms with Crippen LogP contribution in [0.2, 0.25) is 0 Å². The molecule has 0 saturated heterocycles. The highest BCUT2D eigenvalue weighted by Crippen LogP contribution is 2.22. The molecular weight excluding hydrogens is 247 g/mol. The molecule has 0 spiro atoms. The van der Waals surface area contributed by atoms with Crippen molar-refractivity contribution in [1.29, 1.82) is 0 Å². The van der Waals surface area contributed by atoms with E-state index in [4.69, 9.17) is 0 Å². The smallest absolute Gasteiger partial charge is 0.391 e. The van der Waals surface area contributed by atoms with Gasteiger partial charge in [0, 0.05) is 6.54 Å². The molecule has 0 aliphatic carbocycles. The molecule has 1 atom stereocenters. The summed E-state index contributed by atoms with van der Waals surface area (Å²) in [4.78, 5) is 0. The molecular formula is C8H16F3NO3S. The van der Waals surface area contributed by atoms with Crippen LogP contribution in [0.3, 0.4) is 0 Å². The van der Waals surface area contributed by atoms with Crippen molar-refractivity contribution in [2.75, 3.05) is 6.54 Å². The fourth-order valence-electron chi connectivity index (χ4n) is 1.28. The van der Waals surface area contributed by atoms with Crippen LogP contribution in [0.15, 0.2) is 0 Å². The lowest BCUT2D eigenvalue weighted by molar-refractivity contribution is -0.0451. The van der Waals surface area contributed by atoms with Crippen LogP contribution in [0, 0.1) is 5.92 Å². The van der Waals surface area contributed by atoms with Gasteiger partial charge in [-0.3, -0.25) is 0 Å². The van der Waals surface area contributed by atoms with Crippen molar-refractivity contribution in [3.05, 3.63) is 0 Å². The van der Waals surface area contributed by atoms with E-state index in [0.717, 1.165) is 0 Å². The molecule has 16 heavy (non-hydrogen) atoms. The third kappa shape index (κ3) is 4.26. The summed E-state index contributed by atoms with van der Waals surface area (Å²) in [5.74, 6) is -0.212. The minimum Gasteiger partial charge on any atom is -0.391 e. The van der Waals surface area contributed by atoms with Gasteiger partial charge in [0.05, 0.1) is 6.10 Å². The van der Waals surface area contributed by atoms with Gasteiger partial charge in [-0.15, -0.1) is 0 Å². The third-order valence-corrected chi connectivity index (χ3v) is 3.54. The number of alkyl halides is 3. The van der Waals surface area contributed by atoms with Gasteiger partial charge in [-0.25, -0.2) is 13.1 Å². The zero-order chi connectivity index (χ0) is 13.0. The molecule has 0 radical (unpaired) electrons. The third-order valence-electron chi connectivity index (χ3n) is 2.38. The monoisotopic (exact) mass is 263 g/mol. The second kappa shape index (κ2) is 5.83. The summed E-state index contributed by atoms with van der Waals surface area (Å²) < 4.78 is 58.3. The quantitative estimate of drug-likeness (QED) is 0.757. The van der Waals surface area contributed by atoms with Crippen LogP contribution in [-0.2, 0) is 10.0 Å². The number of aliphatic hydroxyl groups excluding tert-OH is 1. The molecule has 0 amide bonds. The zero-order valence-electron chi connectivity index (χ0n) is 9.08. The van der Waals surface area contributed by atoms with E-state index in [1.165, 1.54) is 4.72 Å². The van der Waals surface area contributed by atoms with Gasteiger partial charge in [-0.05, 0) is 5.92 Å². The second-order valence-electron chi connectivity index (χ2n) is 3.44. The van der Waals surface area contributed by atoms with Gasteiger partial charge in [0.15, 0.2) is 0 Å². The Balaban J connectivity index is 4.36. The highest BCUT2D eigenvalue weighted by atomic mass is 32.2. The summed E-state index contributed by atoms with van der Waals surface area (Å²) in [7, 11) is -5.35. The van der Waals surface area contributed by atoms with Crippen molar-refractivity contribution in [3.63, 3.8) is 0 Å². The molecule has 1 unspecified atom stereocenters. The summed E-state index contributed by atoms with van der Waals surface area (Å²) in [5, 5.41) is 9.44. The van der Waals surface area contributed by atoms with Crippen molar-refractivity contribution in [2.24, 2.45) is 5.92 Å². The van der Waals surface area contributed by atoms with Crippen LogP contribution in [0.5, 0.6) is 0 Å². The molecule has 0 rings (SSSR count).